The molecule has 28 heavy (non-hydrogen) atoms. The first-order valence-corrected chi connectivity index (χ1v) is 10.2. The summed E-state index contributed by atoms with van der Waals surface area (Å²) in [6, 6.07) is 7.63. The van der Waals surface area contributed by atoms with E-state index in [4.69, 9.17) is 4.74 Å². The molecule has 0 saturated carbocycles. The zero-order valence-electron chi connectivity index (χ0n) is 16.6. The fourth-order valence-electron chi connectivity index (χ4n) is 4.77. The standard InChI is InChI=1S/C22H28N2O4/c1-14(2)9-17(22(27)24-8-7-19-21(24)18(25)13-28-19)10-20(26)23-11-15-5-3-4-6-16(15)12-23/h3-6,14,17,19,21H,7-13H2,1-2H3. The molecule has 0 radical (unpaired) electrons. The monoisotopic (exact) mass is 384 g/mol. The van der Waals surface area contributed by atoms with Crippen LogP contribution in [0.1, 0.15) is 44.2 Å². The number of hydrogen-bond donors (Lipinski definition) is 0. The summed E-state index contributed by atoms with van der Waals surface area (Å²) in [6.07, 6.45) is 1.38. The van der Waals surface area contributed by atoms with Crippen molar-refractivity contribution in [1.82, 2.24) is 9.80 Å². The third-order valence-corrected chi connectivity index (χ3v) is 6.11. The van der Waals surface area contributed by atoms with Gasteiger partial charge in [0.25, 0.3) is 0 Å². The summed E-state index contributed by atoms with van der Waals surface area (Å²) in [5.74, 6) is -0.152. The summed E-state index contributed by atoms with van der Waals surface area (Å²) in [5, 5.41) is 0. The molecule has 0 bridgehead atoms. The van der Waals surface area contributed by atoms with Crippen LogP contribution < -0.4 is 0 Å². The van der Waals surface area contributed by atoms with Gasteiger partial charge < -0.3 is 14.5 Å². The molecule has 4 rings (SSSR count). The Bertz CT molecular complexity index is 765. The normalized spacial score (nSPS) is 24.6. The van der Waals surface area contributed by atoms with Crippen LogP contribution in [0.4, 0.5) is 0 Å². The maximum Gasteiger partial charge on any atom is 0.226 e. The Balaban J connectivity index is 1.45. The van der Waals surface area contributed by atoms with E-state index in [2.05, 4.69) is 26.0 Å². The van der Waals surface area contributed by atoms with E-state index >= 15 is 0 Å². The Kier molecular flexibility index (Phi) is 5.23. The average Bonchev–Trinajstić information content (AvgIpc) is 3.36. The number of carbonyl (C=O) groups is 3. The number of carbonyl (C=O) groups excluding carboxylic acids is 3. The van der Waals surface area contributed by atoms with Crippen molar-refractivity contribution in [3.05, 3.63) is 35.4 Å². The molecule has 3 unspecified atom stereocenters. The van der Waals surface area contributed by atoms with Crippen LogP contribution in [0.2, 0.25) is 0 Å². The number of ketones is 1. The van der Waals surface area contributed by atoms with E-state index in [9.17, 15) is 14.4 Å². The first kappa shape index (κ1) is 19.1. The molecular formula is C22H28N2O4. The minimum atomic E-state index is -0.451. The number of nitrogens with zero attached hydrogens (tertiary/aromatic N) is 2. The van der Waals surface area contributed by atoms with Crippen molar-refractivity contribution in [2.45, 2.75) is 58.3 Å². The van der Waals surface area contributed by atoms with Crippen LogP contribution in [0.15, 0.2) is 24.3 Å². The van der Waals surface area contributed by atoms with Gasteiger partial charge in [-0.05, 0) is 29.9 Å². The summed E-state index contributed by atoms with van der Waals surface area (Å²) in [4.78, 5) is 42.0. The molecule has 3 atom stereocenters. The maximum atomic E-state index is 13.3. The lowest BCUT2D eigenvalue weighted by molar-refractivity contribution is -0.144. The SMILES string of the molecule is CC(C)CC(CC(=O)N1Cc2ccccc2C1)C(=O)N1CCC2OCC(=O)C21. The van der Waals surface area contributed by atoms with Crippen molar-refractivity contribution < 1.29 is 19.1 Å². The molecule has 6 nitrogen and oxygen atoms in total. The third kappa shape index (κ3) is 3.58. The van der Waals surface area contributed by atoms with Gasteiger partial charge in [0.2, 0.25) is 11.8 Å². The number of benzene rings is 1. The van der Waals surface area contributed by atoms with Crippen LogP contribution in [0, 0.1) is 11.8 Å². The van der Waals surface area contributed by atoms with Crippen molar-refractivity contribution in [2.75, 3.05) is 13.2 Å². The van der Waals surface area contributed by atoms with Crippen molar-refractivity contribution in [2.24, 2.45) is 11.8 Å². The van der Waals surface area contributed by atoms with Gasteiger partial charge in [-0.25, -0.2) is 0 Å². The molecule has 1 aromatic carbocycles. The van der Waals surface area contributed by atoms with Gasteiger partial charge in [-0.15, -0.1) is 0 Å². The Labute approximate surface area is 165 Å². The smallest absolute Gasteiger partial charge is 0.226 e. The van der Waals surface area contributed by atoms with Gasteiger partial charge >= 0.3 is 0 Å². The van der Waals surface area contributed by atoms with E-state index in [-0.39, 0.29) is 42.6 Å². The van der Waals surface area contributed by atoms with Crippen LogP contribution in [0.25, 0.3) is 0 Å². The summed E-state index contributed by atoms with van der Waals surface area (Å²) in [6.45, 7) is 5.98. The number of rotatable bonds is 5. The predicted octanol–water partition coefficient (Wildman–Crippen LogP) is 2.15. The van der Waals surface area contributed by atoms with Crippen molar-refractivity contribution in [3.63, 3.8) is 0 Å². The molecule has 0 aliphatic carbocycles. The highest BCUT2D eigenvalue weighted by atomic mass is 16.5. The molecule has 3 aliphatic heterocycles. The molecule has 0 aromatic heterocycles. The minimum absolute atomic E-state index is 0.0135. The minimum Gasteiger partial charge on any atom is -0.368 e. The van der Waals surface area contributed by atoms with Gasteiger partial charge in [-0.3, -0.25) is 14.4 Å². The van der Waals surface area contributed by atoms with E-state index in [0.29, 0.717) is 38.4 Å². The molecule has 0 spiro atoms. The van der Waals surface area contributed by atoms with Crippen LogP contribution in [-0.4, -0.2) is 52.7 Å². The zero-order chi connectivity index (χ0) is 19.8. The highest BCUT2D eigenvalue weighted by Crippen LogP contribution is 2.31. The van der Waals surface area contributed by atoms with Gasteiger partial charge in [0.15, 0.2) is 5.78 Å². The summed E-state index contributed by atoms with van der Waals surface area (Å²) in [7, 11) is 0. The average molecular weight is 384 g/mol. The number of Topliss-reactive ketones (excluding diaryl/α,β-unsaturated/α-hetero) is 1. The third-order valence-electron chi connectivity index (χ3n) is 6.11. The van der Waals surface area contributed by atoms with E-state index in [0.717, 1.165) is 0 Å². The van der Waals surface area contributed by atoms with Crippen molar-refractivity contribution in [3.8, 4) is 0 Å². The molecule has 3 heterocycles. The molecule has 150 valence electrons. The van der Waals surface area contributed by atoms with Crippen LogP contribution in [-0.2, 0) is 32.2 Å². The number of amides is 2. The molecule has 2 fully saturated rings. The number of fused-ring (bicyclic) bond motifs is 2. The fraction of sp³-hybridized carbons (Fsp3) is 0.591. The lowest BCUT2D eigenvalue weighted by atomic mass is 9.91. The lowest BCUT2D eigenvalue weighted by Gasteiger charge is -2.28. The Morgan fingerprint density at radius 3 is 2.50 bits per heavy atom. The Morgan fingerprint density at radius 1 is 1.18 bits per heavy atom. The van der Waals surface area contributed by atoms with E-state index in [1.54, 1.807) is 4.90 Å². The summed E-state index contributed by atoms with van der Waals surface area (Å²) in [5.41, 5.74) is 2.36. The van der Waals surface area contributed by atoms with Gasteiger partial charge in [-0.2, -0.15) is 0 Å². The first-order valence-electron chi connectivity index (χ1n) is 10.2. The second-order valence-electron chi connectivity index (χ2n) is 8.63. The van der Waals surface area contributed by atoms with Crippen LogP contribution in [0.3, 0.4) is 0 Å². The molecule has 3 aliphatic rings. The van der Waals surface area contributed by atoms with Crippen molar-refractivity contribution in [1.29, 1.82) is 0 Å². The number of hydrogen-bond acceptors (Lipinski definition) is 4. The van der Waals surface area contributed by atoms with E-state index in [1.165, 1.54) is 11.1 Å². The fourth-order valence-corrected chi connectivity index (χ4v) is 4.77. The molecular weight excluding hydrogens is 356 g/mol. The molecule has 2 amide bonds. The van der Waals surface area contributed by atoms with Crippen LogP contribution >= 0.6 is 0 Å². The van der Waals surface area contributed by atoms with Gasteiger partial charge in [0.05, 0.1) is 6.10 Å². The first-order chi connectivity index (χ1) is 13.4. The van der Waals surface area contributed by atoms with Gasteiger partial charge in [-0.1, -0.05) is 38.1 Å². The topological polar surface area (TPSA) is 66.9 Å². The lowest BCUT2D eigenvalue weighted by Crippen LogP contribution is -2.46. The van der Waals surface area contributed by atoms with Gasteiger partial charge in [0.1, 0.15) is 12.6 Å². The zero-order valence-corrected chi connectivity index (χ0v) is 16.6. The molecule has 1 aromatic rings. The molecule has 0 N–H and O–H groups in total. The maximum absolute atomic E-state index is 13.3. The molecule has 2 saturated heterocycles. The Hall–Kier alpha value is -2.21. The van der Waals surface area contributed by atoms with E-state index < -0.39 is 6.04 Å². The van der Waals surface area contributed by atoms with Crippen molar-refractivity contribution >= 4 is 17.6 Å². The summed E-state index contributed by atoms with van der Waals surface area (Å²) >= 11 is 0. The number of ether oxygens (including phenoxy) is 1. The molecule has 6 heteroatoms. The largest absolute Gasteiger partial charge is 0.368 e. The highest BCUT2D eigenvalue weighted by molar-refractivity contribution is 5.94. The Morgan fingerprint density at radius 2 is 1.86 bits per heavy atom. The second-order valence-corrected chi connectivity index (χ2v) is 8.63. The summed E-state index contributed by atoms with van der Waals surface area (Å²) < 4.78 is 5.51. The second kappa shape index (κ2) is 7.66. The quantitative estimate of drug-likeness (QED) is 0.780. The highest BCUT2D eigenvalue weighted by Gasteiger charge is 2.48. The van der Waals surface area contributed by atoms with Gasteiger partial charge in [0, 0.05) is 32.0 Å². The van der Waals surface area contributed by atoms with Crippen LogP contribution in [0.5, 0.6) is 0 Å². The van der Waals surface area contributed by atoms with E-state index in [1.807, 2.05) is 17.0 Å². The predicted molar refractivity (Wildman–Crippen MR) is 103 cm³/mol. The number of likely N-dealkylation sites (tertiary alicyclic amines) is 1.